The number of ether oxygens (including phenoxy) is 1. The zero-order valence-electron chi connectivity index (χ0n) is 15.1. The first-order valence-electron chi connectivity index (χ1n) is 8.22. The maximum atomic E-state index is 12.8. The molecule has 0 saturated carbocycles. The summed E-state index contributed by atoms with van der Waals surface area (Å²) < 4.78 is 4.71. The van der Waals surface area contributed by atoms with Crippen LogP contribution in [0.15, 0.2) is 60.8 Å². The molecule has 2 aromatic carbocycles. The Hall–Kier alpha value is -2.59. The number of ketones is 1. The molecule has 0 N–H and O–H groups in total. The van der Waals surface area contributed by atoms with E-state index < -0.39 is 0 Å². The maximum Gasteiger partial charge on any atom is 0.337 e. The number of carbonyl (C=O) groups is 2. The third-order valence-corrected chi connectivity index (χ3v) is 4.18. The SMILES string of the molecule is COC(=O)c1ccc(CC(C(=O)C=CN(C)C)c2cccc(Cl)c2)cc1. The highest BCUT2D eigenvalue weighted by Gasteiger charge is 2.20. The van der Waals surface area contributed by atoms with Crippen molar-refractivity contribution >= 4 is 23.4 Å². The van der Waals surface area contributed by atoms with Crippen LogP contribution in [0.1, 0.15) is 27.4 Å². The standard InChI is InChI=1S/C21H22ClNO3/c1-23(2)12-11-20(24)19(17-5-4-6-18(22)14-17)13-15-7-9-16(10-8-15)21(25)26-3/h4-12,14,19H,13H2,1-3H3. The van der Waals surface area contributed by atoms with Gasteiger partial charge in [-0.25, -0.2) is 4.79 Å². The molecular formula is C21H22ClNO3. The smallest absolute Gasteiger partial charge is 0.337 e. The minimum absolute atomic E-state index is 0.00184. The lowest BCUT2D eigenvalue weighted by Crippen LogP contribution is -2.14. The number of esters is 1. The Morgan fingerprint density at radius 3 is 2.42 bits per heavy atom. The Morgan fingerprint density at radius 2 is 1.85 bits per heavy atom. The lowest BCUT2D eigenvalue weighted by molar-refractivity contribution is -0.116. The minimum atomic E-state index is -0.382. The average molecular weight is 372 g/mol. The quantitative estimate of drug-likeness (QED) is 0.543. The molecule has 26 heavy (non-hydrogen) atoms. The second-order valence-electron chi connectivity index (χ2n) is 6.18. The molecule has 136 valence electrons. The summed E-state index contributed by atoms with van der Waals surface area (Å²) in [5.41, 5.74) is 2.30. The molecule has 0 saturated heterocycles. The molecule has 5 heteroatoms. The molecule has 0 aliphatic rings. The van der Waals surface area contributed by atoms with Gasteiger partial charge in [-0.2, -0.15) is 0 Å². The number of rotatable bonds is 7. The third kappa shape index (κ3) is 5.46. The summed E-state index contributed by atoms with van der Waals surface area (Å²) >= 11 is 6.11. The van der Waals surface area contributed by atoms with Gasteiger partial charge in [0.15, 0.2) is 5.78 Å². The van der Waals surface area contributed by atoms with E-state index in [1.807, 2.05) is 49.3 Å². The number of carbonyl (C=O) groups excluding carboxylic acids is 2. The van der Waals surface area contributed by atoms with Crippen LogP contribution in [0, 0.1) is 0 Å². The maximum absolute atomic E-state index is 12.8. The van der Waals surface area contributed by atoms with E-state index in [4.69, 9.17) is 16.3 Å². The van der Waals surface area contributed by atoms with Crippen LogP contribution in [-0.4, -0.2) is 37.9 Å². The Bertz CT molecular complexity index is 797. The molecule has 0 aromatic heterocycles. The van der Waals surface area contributed by atoms with E-state index in [2.05, 4.69) is 0 Å². The van der Waals surface area contributed by atoms with Crippen molar-refractivity contribution in [2.24, 2.45) is 0 Å². The van der Waals surface area contributed by atoms with Gasteiger partial charge >= 0.3 is 5.97 Å². The monoisotopic (exact) mass is 371 g/mol. The van der Waals surface area contributed by atoms with Crippen LogP contribution in [0.2, 0.25) is 5.02 Å². The number of halogens is 1. The molecule has 0 heterocycles. The van der Waals surface area contributed by atoms with Gasteiger partial charge in [-0.1, -0.05) is 35.9 Å². The van der Waals surface area contributed by atoms with Crippen molar-refractivity contribution in [3.8, 4) is 0 Å². The number of allylic oxidation sites excluding steroid dienone is 1. The highest BCUT2D eigenvalue weighted by Crippen LogP contribution is 2.25. The summed E-state index contributed by atoms with van der Waals surface area (Å²) in [5, 5.41) is 0.595. The molecule has 0 aliphatic heterocycles. The van der Waals surface area contributed by atoms with Crippen LogP contribution in [0.25, 0.3) is 0 Å². The first-order valence-corrected chi connectivity index (χ1v) is 8.59. The Kier molecular flexibility index (Phi) is 6.98. The summed E-state index contributed by atoms with van der Waals surface area (Å²) in [6.07, 6.45) is 3.83. The summed E-state index contributed by atoms with van der Waals surface area (Å²) in [4.78, 5) is 26.1. The van der Waals surface area contributed by atoms with Crippen molar-refractivity contribution in [1.29, 1.82) is 0 Å². The normalized spacial score (nSPS) is 12.0. The van der Waals surface area contributed by atoms with Crippen LogP contribution in [0.5, 0.6) is 0 Å². The molecule has 2 rings (SSSR count). The molecule has 4 nitrogen and oxygen atoms in total. The molecule has 0 aliphatic carbocycles. The molecular weight excluding hydrogens is 350 g/mol. The number of nitrogens with zero attached hydrogens (tertiary/aromatic N) is 1. The van der Waals surface area contributed by atoms with Gasteiger partial charge in [-0.05, 0) is 47.9 Å². The largest absolute Gasteiger partial charge is 0.465 e. The topological polar surface area (TPSA) is 46.6 Å². The van der Waals surface area contributed by atoms with Crippen molar-refractivity contribution in [1.82, 2.24) is 4.90 Å². The molecule has 0 spiro atoms. The van der Waals surface area contributed by atoms with Crippen LogP contribution in [0.4, 0.5) is 0 Å². The summed E-state index contributed by atoms with van der Waals surface area (Å²) in [5.74, 6) is -0.736. The zero-order chi connectivity index (χ0) is 19.1. The first kappa shape index (κ1) is 19.7. The van der Waals surface area contributed by atoms with E-state index in [-0.39, 0.29) is 17.7 Å². The second-order valence-corrected chi connectivity index (χ2v) is 6.62. The molecule has 2 aromatic rings. The van der Waals surface area contributed by atoms with Crippen molar-refractivity contribution in [2.45, 2.75) is 12.3 Å². The van der Waals surface area contributed by atoms with E-state index in [1.165, 1.54) is 7.11 Å². The van der Waals surface area contributed by atoms with Crippen molar-refractivity contribution in [3.63, 3.8) is 0 Å². The fraction of sp³-hybridized carbons (Fsp3) is 0.238. The summed E-state index contributed by atoms with van der Waals surface area (Å²) in [6.45, 7) is 0. The highest BCUT2D eigenvalue weighted by atomic mass is 35.5. The van der Waals surface area contributed by atoms with Gasteiger partial charge < -0.3 is 9.64 Å². The number of benzene rings is 2. The number of hydrogen-bond acceptors (Lipinski definition) is 4. The van der Waals surface area contributed by atoms with Gasteiger partial charge in [0.25, 0.3) is 0 Å². The lowest BCUT2D eigenvalue weighted by atomic mass is 9.88. The molecule has 1 atom stereocenters. The Balaban J connectivity index is 2.29. The van der Waals surface area contributed by atoms with Crippen LogP contribution in [-0.2, 0) is 16.0 Å². The molecule has 0 bridgehead atoms. The Morgan fingerprint density at radius 1 is 1.15 bits per heavy atom. The van der Waals surface area contributed by atoms with E-state index in [0.717, 1.165) is 11.1 Å². The van der Waals surface area contributed by atoms with Gasteiger partial charge in [0, 0.05) is 25.3 Å². The fourth-order valence-electron chi connectivity index (χ4n) is 2.58. The van der Waals surface area contributed by atoms with E-state index in [0.29, 0.717) is 17.0 Å². The van der Waals surface area contributed by atoms with E-state index >= 15 is 0 Å². The summed E-state index contributed by atoms with van der Waals surface area (Å²) in [7, 11) is 5.08. The predicted molar refractivity (Wildman–Crippen MR) is 104 cm³/mol. The van der Waals surface area contributed by atoms with Gasteiger partial charge in [-0.3, -0.25) is 4.79 Å². The van der Waals surface area contributed by atoms with E-state index in [1.54, 1.807) is 30.5 Å². The predicted octanol–water partition coefficient (Wildman–Crippen LogP) is 4.10. The van der Waals surface area contributed by atoms with Gasteiger partial charge in [0.1, 0.15) is 0 Å². The van der Waals surface area contributed by atoms with E-state index in [9.17, 15) is 9.59 Å². The van der Waals surface area contributed by atoms with Crippen molar-refractivity contribution < 1.29 is 14.3 Å². The third-order valence-electron chi connectivity index (χ3n) is 3.95. The zero-order valence-corrected chi connectivity index (χ0v) is 15.9. The number of methoxy groups -OCH3 is 1. The average Bonchev–Trinajstić information content (AvgIpc) is 2.64. The van der Waals surface area contributed by atoms with Gasteiger partial charge in [-0.15, -0.1) is 0 Å². The molecule has 0 amide bonds. The highest BCUT2D eigenvalue weighted by molar-refractivity contribution is 6.30. The van der Waals surface area contributed by atoms with Gasteiger partial charge in [0.05, 0.1) is 18.6 Å². The molecule has 1 unspecified atom stereocenters. The van der Waals surface area contributed by atoms with Crippen LogP contribution < -0.4 is 0 Å². The fourth-order valence-corrected chi connectivity index (χ4v) is 2.77. The number of hydrogen-bond donors (Lipinski definition) is 0. The summed E-state index contributed by atoms with van der Waals surface area (Å²) in [6, 6.07) is 14.4. The second kappa shape index (κ2) is 9.20. The van der Waals surface area contributed by atoms with Crippen molar-refractivity contribution in [2.75, 3.05) is 21.2 Å². The van der Waals surface area contributed by atoms with Crippen LogP contribution >= 0.6 is 11.6 Å². The van der Waals surface area contributed by atoms with Crippen LogP contribution in [0.3, 0.4) is 0 Å². The first-order chi connectivity index (χ1) is 12.4. The minimum Gasteiger partial charge on any atom is -0.465 e. The molecule has 0 radical (unpaired) electrons. The lowest BCUT2D eigenvalue weighted by Gasteiger charge is -2.16. The Labute approximate surface area is 159 Å². The van der Waals surface area contributed by atoms with Crippen molar-refractivity contribution in [3.05, 3.63) is 82.5 Å². The molecule has 0 fully saturated rings. The van der Waals surface area contributed by atoms with Gasteiger partial charge in [0.2, 0.25) is 0 Å².